The topological polar surface area (TPSA) is 38.2 Å². The zero-order valence-corrected chi connectivity index (χ0v) is 9.30. The minimum Gasteiger partial charge on any atom is -0.386 e. The van der Waals surface area contributed by atoms with E-state index >= 15 is 0 Å². The first-order valence-corrected chi connectivity index (χ1v) is 5.61. The van der Waals surface area contributed by atoms with Crippen LogP contribution < -0.4 is 5.32 Å². The first-order valence-electron chi connectivity index (χ1n) is 5.61. The van der Waals surface area contributed by atoms with E-state index in [0.717, 1.165) is 30.8 Å². The van der Waals surface area contributed by atoms with Crippen molar-refractivity contribution in [3.8, 4) is 0 Å². The molecule has 0 radical (unpaired) electrons. The lowest BCUT2D eigenvalue weighted by molar-refractivity contribution is -0.652. The second-order valence-corrected chi connectivity index (χ2v) is 3.88. The van der Waals surface area contributed by atoms with E-state index in [4.69, 9.17) is 4.84 Å². The summed E-state index contributed by atoms with van der Waals surface area (Å²) in [5.41, 5.74) is 2.21. The average Bonchev–Trinajstić information content (AvgIpc) is 2.79. The van der Waals surface area contributed by atoms with Crippen LogP contribution in [-0.4, -0.2) is 24.9 Å². The molecule has 16 heavy (non-hydrogen) atoms. The summed E-state index contributed by atoms with van der Waals surface area (Å²) in [6, 6.07) is 10.2. The molecule has 0 saturated carbocycles. The van der Waals surface area contributed by atoms with Crippen molar-refractivity contribution in [1.29, 1.82) is 0 Å². The zero-order chi connectivity index (χ0) is 11.2. The smallest absolute Gasteiger partial charge is 0.181 e. The summed E-state index contributed by atoms with van der Waals surface area (Å²) in [6.45, 7) is 5.55. The maximum Gasteiger partial charge on any atom is 0.181 e. The van der Waals surface area contributed by atoms with Crippen LogP contribution in [0.25, 0.3) is 0 Å². The van der Waals surface area contributed by atoms with E-state index in [2.05, 4.69) is 29.2 Å². The molecule has 3 heteroatoms. The summed E-state index contributed by atoms with van der Waals surface area (Å²) in [7, 11) is 0. The van der Waals surface area contributed by atoms with Crippen LogP contribution in [0.2, 0.25) is 0 Å². The Morgan fingerprint density at radius 1 is 1.44 bits per heavy atom. The highest BCUT2D eigenvalue weighted by Gasteiger charge is 2.22. The van der Waals surface area contributed by atoms with Crippen LogP contribution in [-0.2, 0) is 4.84 Å². The molecule has 2 rings (SSSR count). The lowest BCUT2D eigenvalue weighted by Crippen LogP contribution is -2.86. The Bertz CT molecular complexity index is 373. The quantitative estimate of drug-likeness (QED) is 0.578. The SMILES string of the molecule is C=CC[NH2+]C[C@@H]1CC(c2ccccc2)=NO1. The van der Waals surface area contributed by atoms with Gasteiger partial charge in [0.25, 0.3) is 0 Å². The van der Waals surface area contributed by atoms with Crippen LogP contribution in [0.4, 0.5) is 0 Å². The van der Waals surface area contributed by atoms with Crippen LogP contribution in [0.1, 0.15) is 12.0 Å². The van der Waals surface area contributed by atoms with Gasteiger partial charge in [-0.05, 0) is 11.6 Å². The van der Waals surface area contributed by atoms with Crippen molar-refractivity contribution < 1.29 is 10.2 Å². The standard InChI is InChI=1S/C13H16N2O/c1-2-8-14-10-12-9-13(15-16-12)11-6-4-3-5-7-11/h2-7,12,14H,1,8-10H2/p+1/t12-/m0/s1. The van der Waals surface area contributed by atoms with Gasteiger partial charge in [-0.15, -0.1) is 0 Å². The summed E-state index contributed by atoms with van der Waals surface area (Å²) in [5.74, 6) is 0. The van der Waals surface area contributed by atoms with Gasteiger partial charge in [0.15, 0.2) is 6.10 Å². The van der Waals surface area contributed by atoms with Crippen molar-refractivity contribution in [2.75, 3.05) is 13.1 Å². The molecular formula is C13H17N2O+. The minimum absolute atomic E-state index is 0.204. The van der Waals surface area contributed by atoms with Crippen molar-refractivity contribution in [2.24, 2.45) is 5.16 Å². The highest BCUT2D eigenvalue weighted by molar-refractivity contribution is 6.01. The number of nitrogens with two attached hydrogens (primary N) is 1. The Balaban J connectivity index is 1.85. The number of benzene rings is 1. The van der Waals surface area contributed by atoms with Gasteiger partial charge in [0.1, 0.15) is 6.54 Å². The molecule has 0 aliphatic carbocycles. The molecule has 0 amide bonds. The van der Waals surface area contributed by atoms with Gasteiger partial charge in [0.05, 0.1) is 12.3 Å². The maximum atomic E-state index is 5.39. The molecule has 0 spiro atoms. The molecule has 1 atom stereocenters. The monoisotopic (exact) mass is 217 g/mol. The maximum absolute atomic E-state index is 5.39. The Labute approximate surface area is 95.8 Å². The molecule has 1 aromatic carbocycles. The largest absolute Gasteiger partial charge is 0.386 e. The van der Waals surface area contributed by atoms with Gasteiger partial charge in [-0.2, -0.15) is 0 Å². The van der Waals surface area contributed by atoms with Crippen molar-refractivity contribution in [3.05, 3.63) is 48.6 Å². The van der Waals surface area contributed by atoms with E-state index in [-0.39, 0.29) is 6.10 Å². The van der Waals surface area contributed by atoms with E-state index < -0.39 is 0 Å². The summed E-state index contributed by atoms with van der Waals surface area (Å²) in [4.78, 5) is 5.39. The predicted molar refractivity (Wildman–Crippen MR) is 64.3 cm³/mol. The third-order valence-corrected chi connectivity index (χ3v) is 2.60. The molecule has 84 valence electrons. The number of quaternary nitrogens is 1. The highest BCUT2D eigenvalue weighted by Crippen LogP contribution is 2.15. The molecule has 1 heterocycles. The molecule has 3 nitrogen and oxygen atoms in total. The van der Waals surface area contributed by atoms with Crippen LogP contribution in [0.5, 0.6) is 0 Å². The van der Waals surface area contributed by atoms with Gasteiger partial charge in [0, 0.05) is 6.42 Å². The van der Waals surface area contributed by atoms with E-state index in [1.165, 1.54) is 0 Å². The molecule has 2 N–H and O–H groups in total. The van der Waals surface area contributed by atoms with Crippen molar-refractivity contribution in [3.63, 3.8) is 0 Å². The normalized spacial score (nSPS) is 19.0. The Kier molecular flexibility index (Phi) is 3.72. The second-order valence-electron chi connectivity index (χ2n) is 3.88. The number of nitrogens with zero attached hydrogens (tertiary/aromatic N) is 1. The van der Waals surface area contributed by atoms with Crippen LogP contribution >= 0.6 is 0 Å². The lowest BCUT2D eigenvalue weighted by Gasteiger charge is -2.05. The Morgan fingerprint density at radius 3 is 3.00 bits per heavy atom. The molecule has 0 saturated heterocycles. The first-order chi connectivity index (χ1) is 7.90. The van der Waals surface area contributed by atoms with Crippen LogP contribution in [0, 0.1) is 0 Å². The van der Waals surface area contributed by atoms with Crippen LogP contribution in [0.15, 0.2) is 48.1 Å². The molecule has 1 aliphatic rings. The fraction of sp³-hybridized carbons (Fsp3) is 0.308. The molecule has 0 unspecified atom stereocenters. The second kappa shape index (κ2) is 5.47. The summed E-state index contributed by atoms with van der Waals surface area (Å²) in [5, 5.41) is 6.32. The fourth-order valence-electron chi connectivity index (χ4n) is 1.76. The molecule has 0 aromatic heterocycles. The van der Waals surface area contributed by atoms with E-state index in [1.807, 2.05) is 24.3 Å². The molecule has 0 bridgehead atoms. The predicted octanol–water partition coefficient (Wildman–Crippen LogP) is 0.929. The van der Waals surface area contributed by atoms with Gasteiger partial charge >= 0.3 is 0 Å². The van der Waals surface area contributed by atoms with Crippen molar-refractivity contribution in [1.82, 2.24) is 0 Å². The lowest BCUT2D eigenvalue weighted by atomic mass is 10.1. The average molecular weight is 217 g/mol. The van der Waals surface area contributed by atoms with E-state index in [9.17, 15) is 0 Å². The van der Waals surface area contributed by atoms with Gasteiger partial charge < -0.3 is 10.2 Å². The van der Waals surface area contributed by atoms with E-state index in [0.29, 0.717) is 0 Å². The third kappa shape index (κ3) is 2.70. The number of hydrogen-bond donors (Lipinski definition) is 1. The summed E-state index contributed by atoms with van der Waals surface area (Å²) >= 11 is 0. The number of hydrogen-bond acceptors (Lipinski definition) is 2. The molecular weight excluding hydrogens is 200 g/mol. The summed E-state index contributed by atoms with van der Waals surface area (Å²) < 4.78 is 0. The fourth-order valence-corrected chi connectivity index (χ4v) is 1.76. The van der Waals surface area contributed by atoms with Gasteiger partial charge in [-0.25, -0.2) is 0 Å². The third-order valence-electron chi connectivity index (χ3n) is 2.60. The minimum atomic E-state index is 0.204. The van der Waals surface area contributed by atoms with Crippen LogP contribution in [0.3, 0.4) is 0 Å². The summed E-state index contributed by atoms with van der Waals surface area (Å²) in [6.07, 6.45) is 3.00. The van der Waals surface area contributed by atoms with E-state index in [1.54, 1.807) is 0 Å². The zero-order valence-electron chi connectivity index (χ0n) is 9.30. The van der Waals surface area contributed by atoms with Crippen molar-refractivity contribution in [2.45, 2.75) is 12.5 Å². The van der Waals surface area contributed by atoms with Gasteiger partial charge in [-0.1, -0.05) is 42.1 Å². The van der Waals surface area contributed by atoms with Gasteiger partial charge in [-0.3, -0.25) is 0 Å². The Morgan fingerprint density at radius 2 is 2.25 bits per heavy atom. The Hall–Kier alpha value is -1.61. The number of rotatable bonds is 5. The molecule has 0 fully saturated rings. The molecule has 1 aliphatic heterocycles. The highest BCUT2D eigenvalue weighted by atomic mass is 16.6. The number of oxime groups is 1. The van der Waals surface area contributed by atoms with Crippen molar-refractivity contribution >= 4 is 5.71 Å². The van der Waals surface area contributed by atoms with Gasteiger partial charge in [0.2, 0.25) is 0 Å². The first kappa shape index (κ1) is 10.9. The molecule has 1 aromatic rings.